The molecule has 1 aromatic heterocycles. The number of piperidine rings is 1. The smallest absolute Gasteiger partial charge is 0.228 e. The molecule has 7 nitrogen and oxygen atoms in total. The number of aromatic nitrogens is 2. The van der Waals surface area contributed by atoms with Gasteiger partial charge in [0.25, 0.3) is 0 Å². The fraction of sp³-hybridized carbons (Fsp3) is 0.667. The minimum Gasteiger partial charge on any atom is -0.481 e. The van der Waals surface area contributed by atoms with E-state index in [-0.39, 0.29) is 11.8 Å². The van der Waals surface area contributed by atoms with Crippen molar-refractivity contribution in [1.82, 2.24) is 20.2 Å². The molecule has 0 aliphatic carbocycles. The van der Waals surface area contributed by atoms with Crippen LogP contribution in [0.15, 0.2) is 12.3 Å². The van der Waals surface area contributed by atoms with E-state index < -0.39 is 0 Å². The molecule has 0 saturated carbocycles. The maximum Gasteiger partial charge on any atom is 0.228 e. The highest BCUT2D eigenvalue weighted by atomic mass is 16.5. The van der Waals surface area contributed by atoms with E-state index in [1.54, 1.807) is 19.4 Å². The summed E-state index contributed by atoms with van der Waals surface area (Å²) in [6, 6.07) is 1.73. The van der Waals surface area contributed by atoms with Gasteiger partial charge in [0.2, 0.25) is 17.7 Å². The zero-order valence-electron chi connectivity index (χ0n) is 13.6. The summed E-state index contributed by atoms with van der Waals surface area (Å²) in [5, 5.41) is 3.07. The van der Waals surface area contributed by atoms with Crippen LogP contribution in [-0.4, -0.2) is 68.2 Å². The molecule has 1 aromatic rings. The van der Waals surface area contributed by atoms with Crippen LogP contribution in [0.3, 0.4) is 0 Å². The number of anilines is 1. The van der Waals surface area contributed by atoms with Crippen molar-refractivity contribution in [3.63, 3.8) is 0 Å². The Morgan fingerprint density at radius 2 is 2.23 bits per heavy atom. The minimum absolute atomic E-state index is 0.101. The quantitative estimate of drug-likeness (QED) is 0.819. The SMILES string of the molecule is CNCCN(C)C(=O)C1CCN(c2nccc(OC)n2)CC1. The van der Waals surface area contributed by atoms with Crippen molar-refractivity contribution in [3.05, 3.63) is 12.3 Å². The van der Waals surface area contributed by atoms with E-state index in [4.69, 9.17) is 4.74 Å². The molecular weight excluding hydrogens is 282 g/mol. The van der Waals surface area contributed by atoms with Gasteiger partial charge in [-0.2, -0.15) is 4.98 Å². The van der Waals surface area contributed by atoms with Crippen LogP contribution in [0.2, 0.25) is 0 Å². The summed E-state index contributed by atoms with van der Waals surface area (Å²) in [6.07, 6.45) is 3.37. The lowest BCUT2D eigenvalue weighted by atomic mass is 9.95. The van der Waals surface area contributed by atoms with E-state index in [0.29, 0.717) is 11.8 Å². The second-order valence-electron chi connectivity index (χ2n) is 5.52. The van der Waals surface area contributed by atoms with Gasteiger partial charge in [-0.05, 0) is 19.9 Å². The van der Waals surface area contributed by atoms with Gasteiger partial charge in [-0.3, -0.25) is 4.79 Å². The number of carbonyl (C=O) groups excluding carboxylic acids is 1. The third-order valence-electron chi connectivity index (χ3n) is 4.03. The standard InChI is InChI=1S/C15H25N5O2/c1-16-8-11-19(2)14(21)12-5-9-20(10-6-12)15-17-7-4-13(18-15)22-3/h4,7,12,16H,5-6,8-11H2,1-3H3. The number of hydrogen-bond donors (Lipinski definition) is 1. The second-order valence-corrected chi connectivity index (χ2v) is 5.52. The molecule has 0 spiro atoms. The summed E-state index contributed by atoms with van der Waals surface area (Å²) in [7, 11) is 5.36. The van der Waals surface area contributed by atoms with Gasteiger partial charge in [0, 0.05) is 51.4 Å². The molecular formula is C15H25N5O2. The van der Waals surface area contributed by atoms with Crippen molar-refractivity contribution < 1.29 is 9.53 Å². The Kier molecular flexibility index (Phi) is 5.94. The van der Waals surface area contributed by atoms with Crippen molar-refractivity contribution in [3.8, 4) is 5.88 Å². The first-order valence-electron chi connectivity index (χ1n) is 7.67. The van der Waals surface area contributed by atoms with Crippen molar-refractivity contribution in [2.75, 3.05) is 52.3 Å². The van der Waals surface area contributed by atoms with E-state index in [9.17, 15) is 4.79 Å². The summed E-state index contributed by atoms with van der Waals surface area (Å²) in [5.41, 5.74) is 0. The van der Waals surface area contributed by atoms with E-state index in [1.807, 2.05) is 19.0 Å². The molecule has 122 valence electrons. The summed E-state index contributed by atoms with van der Waals surface area (Å²) >= 11 is 0. The molecule has 1 amide bonds. The Labute approximate surface area is 131 Å². The summed E-state index contributed by atoms with van der Waals surface area (Å²) in [5.74, 6) is 1.58. The fourth-order valence-corrected chi connectivity index (χ4v) is 2.63. The summed E-state index contributed by atoms with van der Waals surface area (Å²) in [4.78, 5) is 24.9. The first kappa shape index (κ1) is 16.5. The molecule has 1 saturated heterocycles. The van der Waals surface area contributed by atoms with Gasteiger partial charge in [-0.15, -0.1) is 0 Å². The van der Waals surface area contributed by atoms with Crippen LogP contribution < -0.4 is 15.0 Å². The lowest BCUT2D eigenvalue weighted by Gasteiger charge is -2.33. The van der Waals surface area contributed by atoms with E-state index in [0.717, 1.165) is 39.0 Å². The molecule has 0 atom stereocenters. The predicted octanol–water partition coefficient (Wildman–Crippen LogP) is 0.379. The Morgan fingerprint density at radius 1 is 1.50 bits per heavy atom. The topological polar surface area (TPSA) is 70.6 Å². The molecule has 2 heterocycles. The summed E-state index contributed by atoms with van der Waals surface area (Å²) in [6.45, 7) is 3.15. The highest BCUT2D eigenvalue weighted by Crippen LogP contribution is 2.23. The maximum atomic E-state index is 12.4. The third kappa shape index (κ3) is 4.07. The maximum absolute atomic E-state index is 12.4. The largest absolute Gasteiger partial charge is 0.481 e. The Morgan fingerprint density at radius 3 is 2.86 bits per heavy atom. The molecule has 1 fully saturated rings. The van der Waals surface area contributed by atoms with Gasteiger partial charge in [0.1, 0.15) is 0 Å². The Bertz CT molecular complexity index is 489. The molecule has 0 bridgehead atoms. The summed E-state index contributed by atoms with van der Waals surface area (Å²) < 4.78 is 5.13. The number of likely N-dealkylation sites (N-methyl/N-ethyl adjacent to an activating group) is 2. The molecule has 0 radical (unpaired) electrons. The van der Waals surface area contributed by atoms with E-state index in [1.165, 1.54) is 0 Å². The number of rotatable bonds is 6. The zero-order valence-corrected chi connectivity index (χ0v) is 13.6. The van der Waals surface area contributed by atoms with Crippen molar-refractivity contribution >= 4 is 11.9 Å². The number of hydrogen-bond acceptors (Lipinski definition) is 6. The van der Waals surface area contributed by atoms with Crippen LogP contribution >= 0.6 is 0 Å². The highest BCUT2D eigenvalue weighted by Gasteiger charge is 2.28. The number of nitrogens with zero attached hydrogens (tertiary/aromatic N) is 4. The van der Waals surface area contributed by atoms with Gasteiger partial charge in [0.15, 0.2) is 0 Å². The van der Waals surface area contributed by atoms with Gasteiger partial charge in [-0.1, -0.05) is 0 Å². The van der Waals surface area contributed by atoms with Gasteiger partial charge in [-0.25, -0.2) is 4.98 Å². The molecule has 7 heteroatoms. The van der Waals surface area contributed by atoms with Crippen LogP contribution in [0.5, 0.6) is 5.88 Å². The number of methoxy groups -OCH3 is 1. The molecule has 0 unspecified atom stereocenters. The predicted molar refractivity (Wildman–Crippen MR) is 85.1 cm³/mol. The lowest BCUT2D eigenvalue weighted by molar-refractivity contribution is -0.134. The fourth-order valence-electron chi connectivity index (χ4n) is 2.63. The third-order valence-corrected chi connectivity index (χ3v) is 4.03. The second kappa shape index (κ2) is 7.93. The van der Waals surface area contributed by atoms with Crippen LogP contribution in [0.1, 0.15) is 12.8 Å². The lowest BCUT2D eigenvalue weighted by Crippen LogP contribution is -2.43. The normalized spacial score (nSPS) is 15.7. The van der Waals surface area contributed by atoms with Crippen molar-refractivity contribution in [1.29, 1.82) is 0 Å². The van der Waals surface area contributed by atoms with Crippen molar-refractivity contribution in [2.45, 2.75) is 12.8 Å². The van der Waals surface area contributed by atoms with Crippen LogP contribution in [-0.2, 0) is 4.79 Å². The monoisotopic (exact) mass is 307 g/mol. The molecule has 1 N–H and O–H groups in total. The average molecular weight is 307 g/mol. The number of carbonyl (C=O) groups is 1. The Hall–Kier alpha value is -1.89. The Balaban J connectivity index is 1.88. The highest BCUT2D eigenvalue weighted by molar-refractivity contribution is 5.78. The minimum atomic E-state index is 0.101. The van der Waals surface area contributed by atoms with Crippen LogP contribution in [0, 0.1) is 5.92 Å². The molecule has 2 rings (SSSR count). The zero-order chi connectivity index (χ0) is 15.9. The van der Waals surface area contributed by atoms with Gasteiger partial charge >= 0.3 is 0 Å². The van der Waals surface area contributed by atoms with Crippen LogP contribution in [0.4, 0.5) is 5.95 Å². The molecule has 1 aliphatic rings. The molecule has 22 heavy (non-hydrogen) atoms. The first-order chi connectivity index (χ1) is 10.7. The number of nitrogens with one attached hydrogen (secondary N) is 1. The molecule has 1 aliphatic heterocycles. The number of ether oxygens (including phenoxy) is 1. The van der Waals surface area contributed by atoms with Crippen molar-refractivity contribution in [2.24, 2.45) is 5.92 Å². The number of amides is 1. The van der Waals surface area contributed by atoms with Gasteiger partial charge in [0.05, 0.1) is 7.11 Å². The van der Waals surface area contributed by atoms with E-state index >= 15 is 0 Å². The van der Waals surface area contributed by atoms with Gasteiger partial charge < -0.3 is 19.9 Å². The van der Waals surface area contributed by atoms with Crippen LogP contribution in [0.25, 0.3) is 0 Å². The molecule has 0 aromatic carbocycles. The first-order valence-corrected chi connectivity index (χ1v) is 7.67. The van der Waals surface area contributed by atoms with E-state index in [2.05, 4.69) is 20.2 Å². The average Bonchev–Trinajstić information content (AvgIpc) is 2.59.